The molecule has 0 spiro atoms. The second-order valence-corrected chi connectivity index (χ2v) is 6.23. The second kappa shape index (κ2) is 4.96. The summed E-state index contributed by atoms with van der Waals surface area (Å²) in [6.07, 6.45) is 7.12. The van der Waals surface area contributed by atoms with Crippen LogP contribution >= 0.6 is 0 Å². The molecular weight excluding hydrogens is 290 g/mol. The van der Waals surface area contributed by atoms with Crippen LogP contribution < -0.4 is 11.5 Å². The van der Waals surface area contributed by atoms with Crippen LogP contribution in [0.2, 0.25) is 0 Å². The minimum atomic E-state index is -0.723. The summed E-state index contributed by atoms with van der Waals surface area (Å²) in [5, 5.41) is 11.8. The molecule has 2 heterocycles. The molecule has 1 aromatic carbocycles. The first-order valence-corrected chi connectivity index (χ1v) is 7.79. The van der Waals surface area contributed by atoms with Crippen molar-refractivity contribution in [2.24, 2.45) is 0 Å². The normalized spacial score (nSPS) is 16.9. The van der Waals surface area contributed by atoms with Crippen molar-refractivity contribution in [3.8, 4) is 11.3 Å². The highest BCUT2D eigenvalue weighted by Gasteiger charge is 2.33. The maximum absolute atomic E-state index is 10.8. The zero-order valence-electron chi connectivity index (χ0n) is 12.7. The molecule has 2 aromatic heterocycles. The zero-order chi connectivity index (χ0) is 16.0. The van der Waals surface area contributed by atoms with Crippen LogP contribution in [0.25, 0.3) is 22.2 Å². The van der Waals surface area contributed by atoms with Gasteiger partial charge in [0.15, 0.2) is 0 Å². The second-order valence-electron chi connectivity index (χ2n) is 6.23. The summed E-state index contributed by atoms with van der Waals surface area (Å²) in [5.41, 5.74) is 14.9. The molecule has 4 rings (SSSR count). The lowest BCUT2D eigenvalue weighted by Crippen LogP contribution is -2.20. The number of fused-ring (bicyclic) bond motifs is 1. The first kappa shape index (κ1) is 14.0. The Bertz CT molecular complexity index is 880. The van der Waals surface area contributed by atoms with Crippen molar-refractivity contribution in [2.75, 3.05) is 11.5 Å². The number of rotatable bonds is 2. The Labute approximate surface area is 133 Å². The van der Waals surface area contributed by atoms with E-state index in [1.165, 1.54) is 6.20 Å². The summed E-state index contributed by atoms with van der Waals surface area (Å²) in [6.45, 7) is 0. The van der Waals surface area contributed by atoms with Crippen molar-refractivity contribution in [1.29, 1.82) is 0 Å². The van der Waals surface area contributed by atoms with Crippen LogP contribution in [0.15, 0.2) is 30.6 Å². The van der Waals surface area contributed by atoms with Crippen LogP contribution in [0.4, 0.5) is 11.6 Å². The SMILES string of the molecule is Nc1ncc(N)c(-c2c[nH]c3ccc(C4(O)CCCC4)cc23)n1. The third-order valence-corrected chi connectivity index (χ3v) is 4.74. The van der Waals surface area contributed by atoms with Gasteiger partial charge in [-0.2, -0.15) is 0 Å². The number of aliphatic hydroxyl groups is 1. The Hall–Kier alpha value is -2.60. The Morgan fingerprint density at radius 2 is 1.96 bits per heavy atom. The van der Waals surface area contributed by atoms with E-state index < -0.39 is 5.60 Å². The minimum Gasteiger partial charge on any atom is -0.396 e. The summed E-state index contributed by atoms with van der Waals surface area (Å²) < 4.78 is 0. The largest absolute Gasteiger partial charge is 0.396 e. The van der Waals surface area contributed by atoms with E-state index in [9.17, 15) is 5.11 Å². The first-order chi connectivity index (χ1) is 11.1. The molecule has 23 heavy (non-hydrogen) atoms. The number of nitrogens with zero attached hydrogens (tertiary/aromatic N) is 2. The molecular formula is C17H19N5O. The molecule has 1 fully saturated rings. The molecule has 0 aliphatic heterocycles. The molecule has 118 valence electrons. The van der Waals surface area contributed by atoms with Gasteiger partial charge >= 0.3 is 0 Å². The number of aromatic nitrogens is 3. The number of hydrogen-bond acceptors (Lipinski definition) is 5. The summed E-state index contributed by atoms with van der Waals surface area (Å²) in [5.74, 6) is 0.189. The van der Waals surface area contributed by atoms with E-state index in [2.05, 4.69) is 15.0 Å². The summed E-state index contributed by atoms with van der Waals surface area (Å²) in [6, 6.07) is 6.01. The number of aromatic amines is 1. The van der Waals surface area contributed by atoms with E-state index >= 15 is 0 Å². The molecule has 1 aliphatic carbocycles. The Kier molecular flexibility index (Phi) is 3.02. The van der Waals surface area contributed by atoms with Gasteiger partial charge in [-0.3, -0.25) is 0 Å². The molecule has 0 saturated heterocycles. The lowest BCUT2D eigenvalue weighted by molar-refractivity contribution is 0.0446. The van der Waals surface area contributed by atoms with E-state index in [1.54, 1.807) is 0 Å². The van der Waals surface area contributed by atoms with Gasteiger partial charge in [0.2, 0.25) is 5.95 Å². The number of nitrogens with one attached hydrogen (secondary N) is 1. The van der Waals surface area contributed by atoms with Crippen LogP contribution in [-0.2, 0) is 5.60 Å². The fourth-order valence-corrected chi connectivity index (χ4v) is 3.48. The highest BCUT2D eigenvalue weighted by atomic mass is 16.3. The number of benzene rings is 1. The average Bonchev–Trinajstić information content (AvgIpc) is 3.16. The van der Waals surface area contributed by atoms with Crippen molar-refractivity contribution in [3.63, 3.8) is 0 Å². The lowest BCUT2D eigenvalue weighted by Gasteiger charge is -2.22. The Balaban J connectivity index is 1.90. The van der Waals surface area contributed by atoms with Gasteiger partial charge in [-0.15, -0.1) is 0 Å². The van der Waals surface area contributed by atoms with Crippen LogP contribution in [-0.4, -0.2) is 20.1 Å². The summed E-state index contributed by atoms with van der Waals surface area (Å²) >= 11 is 0. The van der Waals surface area contributed by atoms with Crippen LogP contribution in [0.5, 0.6) is 0 Å². The molecule has 0 bridgehead atoms. The van der Waals surface area contributed by atoms with Crippen LogP contribution in [0.1, 0.15) is 31.2 Å². The maximum Gasteiger partial charge on any atom is 0.220 e. The smallest absolute Gasteiger partial charge is 0.220 e. The average molecular weight is 309 g/mol. The topological polar surface area (TPSA) is 114 Å². The van der Waals surface area contributed by atoms with E-state index in [0.717, 1.165) is 47.7 Å². The molecule has 0 unspecified atom stereocenters. The standard InChI is InChI=1S/C17H19N5O/c18-13-9-21-16(19)22-15(13)12-8-20-14-4-3-10(7-11(12)14)17(23)5-1-2-6-17/h3-4,7-9,20,23H,1-2,5-6,18H2,(H2,19,21,22). The highest BCUT2D eigenvalue weighted by molar-refractivity contribution is 5.97. The molecule has 6 heteroatoms. The van der Waals surface area contributed by atoms with Gasteiger partial charge < -0.3 is 21.6 Å². The third-order valence-electron chi connectivity index (χ3n) is 4.74. The van der Waals surface area contributed by atoms with Crippen molar-refractivity contribution >= 4 is 22.5 Å². The van der Waals surface area contributed by atoms with Gasteiger partial charge in [-0.05, 0) is 30.5 Å². The fourth-order valence-electron chi connectivity index (χ4n) is 3.48. The van der Waals surface area contributed by atoms with Gasteiger partial charge in [0.25, 0.3) is 0 Å². The third kappa shape index (κ3) is 2.22. The van der Waals surface area contributed by atoms with Gasteiger partial charge in [0.05, 0.1) is 17.5 Å². The molecule has 1 aliphatic rings. The van der Waals surface area contributed by atoms with Gasteiger partial charge in [0.1, 0.15) is 5.69 Å². The van der Waals surface area contributed by atoms with E-state index in [0.29, 0.717) is 11.4 Å². The lowest BCUT2D eigenvalue weighted by atomic mass is 9.91. The fraction of sp³-hybridized carbons (Fsp3) is 0.294. The van der Waals surface area contributed by atoms with Gasteiger partial charge in [-0.1, -0.05) is 18.9 Å². The van der Waals surface area contributed by atoms with Crippen LogP contribution in [0, 0.1) is 0 Å². The van der Waals surface area contributed by atoms with Crippen molar-refractivity contribution < 1.29 is 5.11 Å². The van der Waals surface area contributed by atoms with E-state index in [4.69, 9.17) is 11.5 Å². The van der Waals surface area contributed by atoms with Crippen molar-refractivity contribution in [1.82, 2.24) is 15.0 Å². The van der Waals surface area contributed by atoms with Crippen molar-refractivity contribution in [2.45, 2.75) is 31.3 Å². The number of nitrogens with two attached hydrogens (primary N) is 2. The van der Waals surface area contributed by atoms with E-state index in [-0.39, 0.29) is 5.95 Å². The predicted molar refractivity (Wildman–Crippen MR) is 90.5 cm³/mol. The monoisotopic (exact) mass is 309 g/mol. The molecule has 1 saturated carbocycles. The summed E-state index contributed by atoms with van der Waals surface area (Å²) in [4.78, 5) is 11.4. The molecule has 6 N–H and O–H groups in total. The van der Waals surface area contributed by atoms with E-state index in [1.807, 2.05) is 24.4 Å². The number of nitrogen functional groups attached to an aromatic ring is 2. The molecule has 0 radical (unpaired) electrons. The Morgan fingerprint density at radius 3 is 2.74 bits per heavy atom. The highest BCUT2D eigenvalue weighted by Crippen LogP contribution is 2.40. The zero-order valence-corrected chi connectivity index (χ0v) is 12.7. The Morgan fingerprint density at radius 1 is 1.17 bits per heavy atom. The maximum atomic E-state index is 10.8. The predicted octanol–water partition coefficient (Wildman–Crippen LogP) is 2.55. The quantitative estimate of drug-likeness (QED) is 0.581. The minimum absolute atomic E-state index is 0.189. The first-order valence-electron chi connectivity index (χ1n) is 7.79. The number of anilines is 2. The number of hydrogen-bond donors (Lipinski definition) is 4. The summed E-state index contributed by atoms with van der Waals surface area (Å²) in [7, 11) is 0. The van der Waals surface area contributed by atoms with Gasteiger partial charge in [0, 0.05) is 22.7 Å². The molecule has 3 aromatic rings. The molecule has 0 amide bonds. The molecule has 0 atom stereocenters. The van der Waals surface area contributed by atoms with Crippen molar-refractivity contribution in [3.05, 3.63) is 36.2 Å². The van der Waals surface area contributed by atoms with Gasteiger partial charge in [-0.25, -0.2) is 9.97 Å². The number of H-pyrrole nitrogens is 1. The molecule has 6 nitrogen and oxygen atoms in total. The van der Waals surface area contributed by atoms with Crippen LogP contribution in [0.3, 0.4) is 0 Å².